The normalized spacial score (nSPS) is 18.9. The van der Waals surface area contributed by atoms with Crippen LogP contribution in [0.4, 0.5) is 5.95 Å². The second kappa shape index (κ2) is 17.8. The number of benzene rings is 3. The maximum absolute atomic E-state index is 13.3. The number of rotatable bonds is 16. The van der Waals surface area contributed by atoms with Crippen LogP contribution >= 0.6 is 8.25 Å². The zero-order valence-corrected chi connectivity index (χ0v) is 36.9. The summed E-state index contributed by atoms with van der Waals surface area (Å²) in [5.41, 5.74) is 0.759. The molecule has 0 radical (unpaired) electrons. The summed E-state index contributed by atoms with van der Waals surface area (Å²) in [6.07, 6.45) is -2.49. The van der Waals surface area contributed by atoms with Crippen LogP contribution in [0.1, 0.15) is 57.5 Å². The van der Waals surface area contributed by atoms with E-state index in [-0.39, 0.29) is 40.6 Å². The van der Waals surface area contributed by atoms with Crippen molar-refractivity contribution in [2.75, 3.05) is 33.3 Å². The highest BCUT2D eigenvalue weighted by molar-refractivity contribution is 7.33. The van der Waals surface area contributed by atoms with Gasteiger partial charge in [0, 0.05) is 10.5 Å². The number of nitrogens with zero attached hydrogens (tertiary/aromatic N) is 3. The molecule has 5 atom stereocenters. The number of hydrogen-bond acceptors (Lipinski definition) is 12. The van der Waals surface area contributed by atoms with E-state index < -0.39 is 52.3 Å². The number of carbonyl (C=O) groups excluding carboxylic acids is 1. The third-order valence-corrected chi connectivity index (χ3v) is 16.2. The Kier molecular flexibility index (Phi) is 13.2. The van der Waals surface area contributed by atoms with Crippen molar-refractivity contribution in [2.24, 2.45) is 5.92 Å². The topological polar surface area (TPSA) is 174 Å². The average molecular weight is 847 g/mol. The van der Waals surface area contributed by atoms with Crippen LogP contribution in [-0.4, -0.2) is 80.0 Å². The molecule has 1 fully saturated rings. The molecule has 1 aliphatic rings. The SMILES string of the molecule is COc1ccc(C(OC[C@H]2O[C@@H](n3cnc4c(=O)[nH]c(NC(=O)C(C)C)nc43)[C@@H](O[Si](C)(C)C(C)(C)C)C2O[P+](=O)OC)(c2ccccc2)c2ccc(OC)cc2)cc1. The maximum atomic E-state index is 13.3. The summed E-state index contributed by atoms with van der Waals surface area (Å²) in [5, 5.41) is 2.40. The van der Waals surface area contributed by atoms with Crippen LogP contribution in [0.2, 0.25) is 18.1 Å². The lowest BCUT2D eigenvalue weighted by Gasteiger charge is -2.40. The zero-order chi connectivity index (χ0) is 42.7. The third kappa shape index (κ3) is 9.04. The predicted octanol–water partition coefficient (Wildman–Crippen LogP) is 7.72. The van der Waals surface area contributed by atoms with Gasteiger partial charge in [0.2, 0.25) is 11.9 Å². The molecule has 0 bridgehead atoms. The smallest absolute Gasteiger partial charge is 0.497 e. The molecule has 314 valence electrons. The average Bonchev–Trinajstić information content (AvgIpc) is 3.79. The fourth-order valence-corrected chi connectivity index (χ4v) is 8.52. The minimum atomic E-state index is -2.66. The van der Waals surface area contributed by atoms with E-state index in [1.165, 1.54) is 13.4 Å². The second-order valence-corrected chi connectivity index (χ2v) is 21.9. The van der Waals surface area contributed by atoms with Crippen LogP contribution in [-0.2, 0) is 37.9 Å². The first kappa shape index (κ1) is 43.8. The molecule has 1 aliphatic heterocycles. The Morgan fingerprint density at radius 2 is 1.49 bits per heavy atom. The minimum absolute atomic E-state index is 0.0180. The number of carbonyl (C=O) groups is 1. The fraction of sp³-hybridized carbons (Fsp3) is 0.429. The Morgan fingerprint density at radius 3 is 2.02 bits per heavy atom. The highest BCUT2D eigenvalue weighted by Crippen LogP contribution is 2.47. The number of hydrogen-bond donors (Lipinski definition) is 2. The Balaban J connectivity index is 1.51. The molecule has 0 aliphatic carbocycles. The van der Waals surface area contributed by atoms with E-state index in [2.05, 4.69) is 54.1 Å². The molecule has 0 saturated carbocycles. The molecule has 15 nitrogen and oxygen atoms in total. The zero-order valence-electron chi connectivity index (χ0n) is 35.0. The molecule has 5 aromatic rings. The Labute approximate surface area is 345 Å². The van der Waals surface area contributed by atoms with Crippen molar-refractivity contribution in [1.82, 2.24) is 19.5 Å². The van der Waals surface area contributed by atoms with Crippen LogP contribution < -0.4 is 20.3 Å². The predicted molar refractivity (Wildman–Crippen MR) is 225 cm³/mol. The van der Waals surface area contributed by atoms with E-state index in [1.54, 1.807) is 32.6 Å². The number of ether oxygens (including phenoxy) is 4. The maximum Gasteiger partial charge on any atom is 0.697 e. The summed E-state index contributed by atoms with van der Waals surface area (Å²) in [7, 11) is -0.796. The van der Waals surface area contributed by atoms with Gasteiger partial charge in [-0.05, 0) is 59.1 Å². The van der Waals surface area contributed by atoms with Gasteiger partial charge in [-0.25, -0.2) is 4.98 Å². The van der Waals surface area contributed by atoms with Gasteiger partial charge in [-0.2, -0.15) is 4.98 Å². The number of aromatic amines is 1. The van der Waals surface area contributed by atoms with Crippen molar-refractivity contribution < 1.29 is 41.8 Å². The highest BCUT2D eigenvalue weighted by atomic mass is 31.1. The van der Waals surface area contributed by atoms with E-state index in [9.17, 15) is 14.2 Å². The number of imidazole rings is 1. The van der Waals surface area contributed by atoms with Crippen LogP contribution in [0.25, 0.3) is 11.2 Å². The molecule has 1 saturated heterocycles. The van der Waals surface area contributed by atoms with E-state index in [0.29, 0.717) is 11.5 Å². The lowest BCUT2D eigenvalue weighted by atomic mass is 9.80. The number of amides is 1. The van der Waals surface area contributed by atoms with Gasteiger partial charge in [0.15, 0.2) is 31.8 Å². The summed E-state index contributed by atoms with van der Waals surface area (Å²) < 4.78 is 58.6. The second-order valence-electron chi connectivity index (χ2n) is 16.1. The van der Waals surface area contributed by atoms with Gasteiger partial charge in [-0.15, -0.1) is 9.05 Å². The summed E-state index contributed by atoms with van der Waals surface area (Å²) >= 11 is 0. The van der Waals surface area contributed by atoms with Gasteiger partial charge in [-0.3, -0.25) is 24.5 Å². The third-order valence-electron chi connectivity index (χ3n) is 11.0. The molecule has 59 heavy (non-hydrogen) atoms. The number of fused-ring (bicyclic) bond motifs is 1. The van der Waals surface area contributed by atoms with Crippen LogP contribution in [0, 0.1) is 5.92 Å². The largest absolute Gasteiger partial charge is 0.697 e. The van der Waals surface area contributed by atoms with Gasteiger partial charge in [-0.1, -0.05) is 89.2 Å². The molecular weight excluding hydrogens is 794 g/mol. The van der Waals surface area contributed by atoms with E-state index in [4.69, 9.17) is 32.4 Å². The molecule has 3 heterocycles. The first-order valence-electron chi connectivity index (χ1n) is 19.3. The molecule has 2 unspecified atom stereocenters. The van der Waals surface area contributed by atoms with Crippen LogP contribution in [0.15, 0.2) is 90.0 Å². The monoisotopic (exact) mass is 846 g/mol. The Morgan fingerprint density at radius 1 is 0.915 bits per heavy atom. The summed E-state index contributed by atoms with van der Waals surface area (Å²) in [6.45, 7) is 13.8. The first-order valence-corrected chi connectivity index (χ1v) is 23.3. The number of H-pyrrole nitrogens is 1. The van der Waals surface area contributed by atoms with Crippen molar-refractivity contribution in [2.45, 2.75) is 82.9 Å². The van der Waals surface area contributed by atoms with Crippen molar-refractivity contribution in [3.63, 3.8) is 0 Å². The molecule has 2 N–H and O–H groups in total. The van der Waals surface area contributed by atoms with Crippen molar-refractivity contribution >= 4 is 39.6 Å². The van der Waals surface area contributed by atoms with Gasteiger partial charge in [0.1, 0.15) is 29.3 Å². The van der Waals surface area contributed by atoms with Crippen molar-refractivity contribution in [3.05, 3.63) is 112 Å². The van der Waals surface area contributed by atoms with E-state index in [1.807, 2.05) is 78.9 Å². The van der Waals surface area contributed by atoms with E-state index >= 15 is 0 Å². The fourth-order valence-electron chi connectivity index (χ4n) is 6.69. The standard InChI is InChI=1S/C42H52N5O10PSi/c1-26(2)37(48)45-40-44-36-33(38(49)46-40)43-25-47(36)39-35(57-59(9,10)41(3,4)5)34(56-58(50)53-8)32(55-39)24-54-42(27-14-12-11-13-15-27,28-16-20-30(51-6)21-17-28)29-18-22-31(52-7)23-19-29/h11-23,25-26,32,34-35,39H,24H2,1-10H3,(H-,44,45,46,48,49)/p+1/t32-,34?,35+,39-/m1/s1. The molecule has 17 heteroatoms. The number of aromatic nitrogens is 4. The summed E-state index contributed by atoms with van der Waals surface area (Å²) in [6, 6.07) is 25.1. The van der Waals surface area contributed by atoms with Crippen molar-refractivity contribution in [3.8, 4) is 11.5 Å². The van der Waals surface area contributed by atoms with Crippen LogP contribution in [0.5, 0.6) is 11.5 Å². The van der Waals surface area contributed by atoms with Gasteiger partial charge >= 0.3 is 8.25 Å². The summed E-state index contributed by atoms with van der Waals surface area (Å²) in [4.78, 5) is 37.6. The molecule has 1 amide bonds. The molecular formula is C42H53N5O10PSi+. The Hall–Kier alpha value is -4.80. The van der Waals surface area contributed by atoms with Crippen molar-refractivity contribution in [1.29, 1.82) is 0 Å². The number of methoxy groups -OCH3 is 2. The van der Waals surface area contributed by atoms with Gasteiger partial charge < -0.3 is 23.4 Å². The minimum Gasteiger partial charge on any atom is -0.497 e. The lowest BCUT2D eigenvalue weighted by Crippen LogP contribution is -2.49. The highest BCUT2D eigenvalue weighted by Gasteiger charge is 2.56. The number of anilines is 1. The molecule has 6 rings (SSSR count). The molecule has 2 aromatic heterocycles. The molecule has 3 aromatic carbocycles. The molecule has 0 spiro atoms. The van der Waals surface area contributed by atoms with Gasteiger partial charge in [0.25, 0.3) is 5.56 Å². The Bertz CT molecular complexity index is 2250. The number of nitrogens with one attached hydrogen (secondary N) is 2. The van der Waals surface area contributed by atoms with Crippen LogP contribution in [0.3, 0.4) is 0 Å². The first-order chi connectivity index (χ1) is 28.0. The van der Waals surface area contributed by atoms with E-state index in [0.717, 1.165) is 16.7 Å². The quantitative estimate of drug-likeness (QED) is 0.0563. The summed E-state index contributed by atoms with van der Waals surface area (Å²) in [5.74, 6) is 0.578. The van der Waals surface area contributed by atoms with Gasteiger partial charge in [0.05, 0.1) is 34.3 Å². The lowest BCUT2D eigenvalue weighted by molar-refractivity contribution is -0.118.